The van der Waals surface area contributed by atoms with Crippen LogP contribution in [0.3, 0.4) is 0 Å². The maximum absolute atomic E-state index is 4.57. The fourth-order valence-corrected chi connectivity index (χ4v) is 3.69. The van der Waals surface area contributed by atoms with Crippen LogP contribution in [-0.2, 0) is 19.9 Å². The van der Waals surface area contributed by atoms with E-state index < -0.39 is 0 Å². The lowest BCUT2D eigenvalue weighted by atomic mass is 9.96. The van der Waals surface area contributed by atoms with Gasteiger partial charge in [-0.2, -0.15) is 5.10 Å². The van der Waals surface area contributed by atoms with Crippen molar-refractivity contribution in [2.45, 2.75) is 31.5 Å². The van der Waals surface area contributed by atoms with Crippen LogP contribution in [0.1, 0.15) is 35.6 Å². The highest BCUT2D eigenvalue weighted by Gasteiger charge is 2.21. The molecule has 0 fully saturated rings. The smallest absolute Gasteiger partial charge is 0.0766 e. The molecule has 0 radical (unpaired) electrons. The Morgan fingerprint density at radius 2 is 1.90 bits per heavy atom. The fraction of sp³-hybridized carbons (Fsp3) is 0.438. The van der Waals surface area contributed by atoms with Crippen molar-refractivity contribution < 1.29 is 0 Å². The molecule has 0 aliphatic rings. The van der Waals surface area contributed by atoms with Crippen molar-refractivity contribution in [1.29, 1.82) is 0 Å². The minimum absolute atomic E-state index is 0.357. The summed E-state index contributed by atoms with van der Waals surface area (Å²) in [6.07, 6.45) is 1.95. The van der Waals surface area contributed by atoms with Gasteiger partial charge in [-0.25, -0.2) is 0 Å². The molecule has 0 saturated carbocycles. The highest BCUT2D eigenvalue weighted by atomic mass is 79.9. The summed E-state index contributed by atoms with van der Waals surface area (Å²) >= 11 is 7.53. The molecule has 2 nitrogen and oxygen atoms in total. The summed E-state index contributed by atoms with van der Waals surface area (Å²) in [6.45, 7) is 4.41. The van der Waals surface area contributed by atoms with Gasteiger partial charge in [-0.05, 0) is 40.3 Å². The average molecular weight is 400 g/mol. The summed E-state index contributed by atoms with van der Waals surface area (Å²) in [5.74, 6) is 0.494. The Hall–Kier alpha value is -0.610. The zero-order chi connectivity index (χ0) is 14.7. The van der Waals surface area contributed by atoms with Gasteiger partial charge in [0.2, 0.25) is 0 Å². The molecule has 0 spiro atoms. The van der Waals surface area contributed by atoms with Gasteiger partial charge in [-0.15, -0.1) is 0 Å². The van der Waals surface area contributed by atoms with Crippen molar-refractivity contribution in [2.75, 3.05) is 0 Å². The number of alkyl halides is 1. The van der Waals surface area contributed by atoms with Gasteiger partial charge in [-0.3, -0.25) is 4.68 Å². The van der Waals surface area contributed by atoms with Crippen LogP contribution >= 0.6 is 31.9 Å². The third-order valence-corrected chi connectivity index (χ3v) is 5.98. The van der Waals surface area contributed by atoms with Crippen LogP contribution in [0.25, 0.3) is 0 Å². The molecular formula is C16H20Br2N2. The van der Waals surface area contributed by atoms with Gasteiger partial charge in [0.15, 0.2) is 0 Å². The molecule has 0 aliphatic carbocycles. The lowest BCUT2D eigenvalue weighted by molar-refractivity contribution is 0.541. The van der Waals surface area contributed by atoms with E-state index in [1.54, 1.807) is 0 Å². The van der Waals surface area contributed by atoms with Crippen LogP contribution in [0.2, 0.25) is 0 Å². The highest BCUT2D eigenvalue weighted by molar-refractivity contribution is 9.10. The van der Waals surface area contributed by atoms with E-state index in [1.165, 1.54) is 15.7 Å². The zero-order valence-corrected chi connectivity index (χ0v) is 15.3. The molecule has 0 bridgehead atoms. The van der Waals surface area contributed by atoms with Crippen LogP contribution in [0.5, 0.6) is 0 Å². The average Bonchev–Trinajstić information content (AvgIpc) is 2.74. The van der Waals surface area contributed by atoms with Crippen LogP contribution in [0.15, 0.2) is 34.8 Å². The van der Waals surface area contributed by atoms with E-state index in [-0.39, 0.29) is 0 Å². The first-order valence-corrected chi connectivity index (χ1v) is 8.64. The SMILES string of the molecule is CCc1nn(C)c(CC(C)C(Br)c2ccccc2)c1Br. The second-order valence-corrected chi connectivity index (χ2v) is 6.96. The van der Waals surface area contributed by atoms with Crippen molar-refractivity contribution in [2.24, 2.45) is 13.0 Å². The maximum atomic E-state index is 4.57. The van der Waals surface area contributed by atoms with Gasteiger partial charge in [0.1, 0.15) is 0 Å². The molecule has 0 aliphatic heterocycles. The summed E-state index contributed by atoms with van der Waals surface area (Å²) in [5, 5.41) is 4.57. The lowest BCUT2D eigenvalue weighted by Crippen LogP contribution is -2.10. The van der Waals surface area contributed by atoms with Gasteiger partial charge >= 0.3 is 0 Å². The number of aromatic nitrogens is 2. The first-order chi connectivity index (χ1) is 9.54. The minimum Gasteiger partial charge on any atom is -0.271 e. The highest BCUT2D eigenvalue weighted by Crippen LogP contribution is 2.34. The number of halogens is 2. The molecule has 2 aromatic rings. The van der Waals surface area contributed by atoms with E-state index in [2.05, 4.69) is 81.1 Å². The number of benzene rings is 1. The van der Waals surface area contributed by atoms with Gasteiger partial charge < -0.3 is 0 Å². The van der Waals surface area contributed by atoms with Crippen molar-refractivity contribution in [1.82, 2.24) is 9.78 Å². The molecule has 108 valence electrons. The Morgan fingerprint density at radius 3 is 2.45 bits per heavy atom. The monoisotopic (exact) mass is 398 g/mol. The number of aryl methyl sites for hydroxylation is 2. The molecule has 1 aromatic carbocycles. The molecule has 4 heteroatoms. The summed E-state index contributed by atoms with van der Waals surface area (Å²) in [7, 11) is 2.03. The summed E-state index contributed by atoms with van der Waals surface area (Å²) in [5.41, 5.74) is 3.74. The molecular weight excluding hydrogens is 380 g/mol. The Morgan fingerprint density at radius 1 is 1.25 bits per heavy atom. The Balaban J connectivity index is 2.16. The molecule has 0 saturated heterocycles. The third kappa shape index (κ3) is 3.34. The van der Waals surface area contributed by atoms with Crippen LogP contribution < -0.4 is 0 Å². The predicted octanol–water partition coefficient (Wildman–Crippen LogP) is 5.06. The van der Waals surface area contributed by atoms with E-state index in [4.69, 9.17) is 0 Å². The number of rotatable bonds is 5. The predicted molar refractivity (Wildman–Crippen MR) is 91.3 cm³/mol. The number of nitrogens with zero attached hydrogens (tertiary/aromatic N) is 2. The molecule has 20 heavy (non-hydrogen) atoms. The second-order valence-electron chi connectivity index (χ2n) is 5.18. The van der Waals surface area contributed by atoms with Crippen molar-refractivity contribution >= 4 is 31.9 Å². The maximum Gasteiger partial charge on any atom is 0.0766 e. The quantitative estimate of drug-likeness (QED) is 0.642. The van der Waals surface area contributed by atoms with Gasteiger partial charge in [0.05, 0.1) is 15.9 Å². The van der Waals surface area contributed by atoms with E-state index in [0.29, 0.717) is 10.7 Å². The molecule has 0 N–H and O–H groups in total. The van der Waals surface area contributed by atoms with Crippen molar-refractivity contribution in [3.05, 3.63) is 51.8 Å². The summed E-state index contributed by atoms with van der Waals surface area (Å²) < 4.78 is 3.17. The van der Waals surface area contributed by atoms with Gasteiger partial charge in [-0.1, -0.05) is 60.1 Å². The Bertz CT molecular complexity index is 563. The Kier molecular flexibility index (Phi) is 5.44. The van der Waals surface area contributed by atoms with E-state index in [0.717, 1.165) is 18.5 Å². The molecule has 0 amide bonds. The molecule has 1 aromatic heterocycles. The van der Waals surface area contributed by atoms with E-state index >= 15 is 0 Å². The summed E-state index contributed by atoms with van der Waals surface area (Å²) in [6, 6.07) is 10.6. The van der Waals surface area contributed by atoms with Gasteiger partial charge in [0.25, 0.3) is 0 Å². The van der Waals surface area contributed by atoms with Crippen LogP contribution in [0.4, 0.5) is 0 Å². The van der Waals surface area contributed by atoms with Crippen LogP contribution in [-0.4, -0.2) is 9.78 Å². The van der Waals surface area contributed by atoms with E-state index in [9.17, 15) is 0 Å². The van der Waals surface area contributed by atoms with E-state index in [1.807, 2.05) is 11.7 Å². The number of hydrogen-bond acceptors (Lipinski definition) is 1. The number of hydrogen-bond donors (Lipinski definition) is 0. The van der Waals surface area contributed by atoms with Gasteiger partial charge in [0, 0.05) is 11.9 Å². The van der Waals surface area contributed by atoms with Crippen LogP contribution in [0, 0.1) is 5.92 Å². The largest absolute Gasteiger partial charge is 0.271 e. The molecule has 2 unspecified atom stereocenters. The summed E-state index contributed by atoms with van der Waals surface area (Å²) in [4.78, 5) is 0.357. The molecule has 2 rings (SSSR count). The lowest BCUT2D eigenvalue weighted by Gasteiger charge is -2.19. The minimum atomic E-state index is 0.357. The molecule has 2 atom stereocenters. The second kappa shape index (κ2) is 6.90. The fourth-order valence-electron chi connectivity index (χ4n) is 2.42. The van der Waals surface area contributed by atoms with Crippen molar-refractivity contribution in [3.63, 3.8) is 0 Å². The zero-order valence-electron chi connectivity index (χ0n) is 12.1. The topological polar surface area (TPSA) is 17.8 Å². The molecule has 1 heterocycles. The normalized spacial score (nSPS) is 14.2. The Labute approximate surface area is 137 Å². The third-order valence-electron chi connectivity index (χ3n) is 3.64. The standard InChI is InChI=1S/C16H20Br2N2/c1-4-13-16(18)14(20(3)19-13)10-11(2)15(17)12-8-6-5-7-9-12/h5-9,11,15H,4,10H2,1-3H3. The van der Waals surface area contributed by atoms with Crippen molar-refractivity contribution in [3.8, 4) is 0 Å². The first kappa shape index (κ1) is 15.8. The first-order valence-electron chi connectivity index (χ1n) is 6.93.